The van der Waals surface area contributed by atoms with Crippen molar-refractivity contribution in [3.8, 4) is 0 Å². The largest absolute Gasteiger partial charge is 0.312 e. The van der Waals surface area contributed by atoms with E-state index in [1.54, 1.807) is 18.7 Å². The molecule has 1 fully saturated rings. The molecule has 0 saturated carbocycles. The molecule has 39 heavy (non-hydrogen) atoms. The van der Waals surface area contributed by atoms with Crippen molar-refractivity contribution in [1.29, 1.82) is 0 Å². The van der Waals surface area contributed by atoms with Gasteiger partial charge in [0.2, 0.25) is 21.8 Å². The first-order valence-electron chi connectivity index (χ1n) is 13.6. The van der Waals surface area contributed by atoms with Gasteiger partial charge in [0.15, 0.2) is 0 Å². The Balaban J connectivity index is 1.20. The van der Waals surface area contributed by atoms with Gasteiger partial charge in [-0.3, -0.25) is 14.3 Å². The molecule has 9 nitrogen and oxygen atoms in total. The van der Waals surface area contributed by atoms with Crippen LogP contribution in [-0.4, -0.2) is 60.5 Å². The second-order valence-corrected chi connectivity index (χ2v) is 12.5. The number of aromatic nitrogens is 2. The van der Waals surface area contributed by atoms with Crippen molar-refractivity contribution in [3.05, 3.63) is 71.0 Å². The number of carbonyl (C=O) groups excluding carboxylic acids is 2. The summed E-state index contributed by atoms with van der Waals surface area (Å²) in [5.74, 6) is -0.531. The van der Waals surface area contributed by atoms with Gasteiger partial charge in [0.1, 0.15) is 11.4 Å². The number of fused-ring (bicyclic) bond motifs is 2. The van der Waals surface area contributed by atoms with Crippen molar-refractivity contribution in [2.45, 2.75) is 51.0 Å². The lowest BCUT2D eigenvalue weighted by Crippen LogP contribution is -2.46. The summed E-state index contributed by atoms with van der Waals surface area (Å²) in [7, 11) is -3.90. The van der Waals surface area contributed by atoms with Crippen LogP contribution in [0.4, 0.5) is 11.4 Å². The number of nitrogens with zero attached hydrogens (tertiary/aromatic N) is 5. The van der Waals surface area contributed by atoms with Gasteiger partial charge in [-0.15, -0.1) is 0 Å². The van der Waals surface area contributed by atoms with E-state index in [0.29, 0.717) is 43.9 Å². The molecule has 3 aliphatic heterocycles. The molecule has 204 valence electrons. The fourth-order valence-electron chi connectivity index (χ4n) is 6.30. The summed E-state index contributed by atoms with van der Waals surface area (Å²) in [5, 5.41) is 4.47. The fourth-order valence-corrected chi connectivity index (χ4v) is 8.19. The van der Waals surface area contributed by atoms with E-state index in [1.165, 1.54) is 8.99 Å². The smallest absolute Gasteiger partial charge is 0.248 e. The first-order chi connectivity index (χ1) is 18.8. The van der Waals surface area contributed by atoms with Crippen LogP contribution in [0.1, 0.15) is 35.4 Å². The first-order valence-corrected chi connectivity index (χ1v) is 15.0. The summed E-state index contributed by atoms with van der Waals surface area (Å²) < 4.78 is 30.7. The SMILES string of the molecule is Cc1nn(CC(=O)N2CCc3ccccc32)c(C)c1S(=O)(=O)N1CCC[C@@H](C(=O)N2CCc3ccccc32)C1. The van der Waals surface area contributed by atoms with Crippen LogP contribution >= 0.6 is 0 Å². The highest BCUT2D eigenvalue weighted by atomic mass is 32.2. The number of para-hydroxylation sites is 2. The summed E-state index contributed by atoms with van der Waals surface area (Å²) in [5.41, 5.74) is 4.92. The monoisotopic (exact) mass is 547 g/mol. The average molecular weight is 548 g/mol. The number of hydrogen-bond donors (Lipinski definition) is 0. The van der Waals surface area contributed by atoms with E-state index < -0.39 is 15.9 Å². The normalized spacial score (nSPS) is 19.3. The van der Waals surface area contributed by atoms with Gasteiger partial charge in [-0.2, -0.15) is 9.40 Å². The fraction of sp³-hybridized carbons (Fsp3) is 0.414. The van der Waals surface area contributed by atoms with E-state index in [9.17, 15) is 18.0 Å². The van der Waals surface area contributed by atoms with Crippen molar-refractivity contribution in [3.63, 3.8) is 0 Å². The molecule has 0 aliphatic carbocycles. The Morgan fingerprint density at radius 3 is 2.21 bits per heavy atom. The van der Waals surface area contributed by atoms with E-state index in [4.69, 9.17) is 0 Å². The summed E-state index contributed by atoms with van der Waals surface area (Å²) in [6.45, 7) is 5.07. The zero-order valence-corrected chi connectivity index (χ0v) is 23.2. The van der Waals surface area contributed by atoms with Gasteiger partial charge in [0.25, 0.3) is 0 Å². The third kappa shape index (κ3) is 4.45. The minimum Gasteiger partial charge on any atom is -0.312 e. The molecular weight excluding hydrogens is 514 g/mol. The van der Waals surface area contributed by atoms with Crippen molar-refractivity contribution < 1.29 is 18.0 Å². The number of sulfonamides is 1. The molecule has 0 N–H and O–H groups in total. The third-order valence-electron chi connectivity index (χ3n) is 8.27. The highest BCUT2D eigenvalue weighted by Gasteiger charge is 2.39. The Morgan fingerprint density at radius 1 is 0.897 bits per heavy atom. The van der Waals surface area contributed by atoms with Gasteiger partial charge in [0, 0.05) is 37.6 Å². The predicted molar refractivity (Wildman–Crippen MR) is 148 cm³/mol. The van der Waals surface area contributed by atoms with Crippen LogP contribution in [0.3, 0.4) is 0 Å². The van der Waals surface area contributed by atoms with E-state index in [1.807, 2.05) is 53.4 Å². The molecule has 10 heteroatoms. The Labute approximate surface area is 229 Å². The minimum absolute atomic E-state index is 0.0134. The summed E-state index contributed by atoms with van der Waals surface area (Å²) in [6, 6.07) is 15.7. The molecule has 1 atom stereocenters. The number of anilines is 2. The molecular formula is C29H33N5O4S. The number of aryl methyl sites for hydroxylation is 1. The molecule has 0 unspecified atom stereocenters. The average Bonchev–Trinajstić information content (AvgIpc) is 3.64. The Morgan fingerprint density at radius 2 is 1.51 bits per heavy atom. The van der Waals surface area contributed by atoms with Gasteiger partial charge in [-0.1, -0.05) is 36.4 Å². The highest BCUT2D eigenvalue weighted by Crippen LogP contribution is 2.33. The van der Waals surface area contributed by atoms with E-state index in [0.717, 1.165) is 35.3 Å². The second kappa shape index (κ2) is 9.91. The highest BCUT2D eigenvalue weighted by molar-refractivity contribution is 7.89. The van der Waals surface area contributed by atoms with Crippen LogP contribution in [0.15, 0.2) is 53.4 Å². The summed E-state index contributed by atoms with van der Waals surface area (Å²) in [4.78, 5) is 30.4. The third-order valence-corrected chi connectivity index (χ3v) is 10.4. The van der Waals surface area contributed by atoms with Crippen LogP contribution in [0.25, 0.3) is 0 Å². The zero-order chi connectivity index (χ0) is 27.3. The molecule has 1 saturated heterocycles. The van der Waals surface area contributed by atoms with Crippen LogP contribution < -0.4 is 9.80 Å². The molecule has 3 aliphatic rings. The second-order valence-electron chi connectivity index (χ2n) is 10.7. The van der Waals surface area contributed by atoms with Crippen LogP contribution in [0.2, 0.25) is 0 Å². The molecule has 0 spiro atoms. The quantitative estimate of drug-likeness (QED) is 0.489. The van der Waals surface area contributed by atoms with E-state index >= 15 is 0 Å². The maximum absolute atomic E-state index is 13.9. The lowest BCUT2D eigenvalue weighted by molar-refractivity contribution is -0.123. The molecule has 3 aromatic rings. The molecule has 4 heterocycles. The maximum Gasteiger partial charge on any atom is 0.248 e. The lowest BCUT2D eigenvalue weighted by atomic mass is 9.98. The standard InChI is InChI=1S/C29H33N5O4S/c1-20-28(21(2)34(30-20)19-27(35)32-16-13-22-8-3-5-11-25(22)32)39(37,38)31-15-7-10-24(18-31)29(36)33-17-14-23-9-4-6-12-26(23)33/h3-6,8-9,11-12,24H,7,10,13-19H2,1-2H3/t24-/m1/s1. The number of piperidine rings is 1. The van der Waals surface area contributed by atoms with Gasteiger partial charge in [-0.05, 0) is 62.8 Å². The van der Waals surface area contributed by atoms with Crippen molar-refractivity contribution in [2.75, 3.05) is 36.0 Å². The Hall–Kier alpha value is -3.50. The van der Waals surface area contributed by atoms with Crippen molar-refractivity contribution in [2.24, 2.45) is 5.92 Å². The Bertz CT molecular complexity index is 1560. The lowest BCUT2D eigenvalue weighted by Gasteiger charge is -2.33. The molecule has 0 bridgehead atoms. The molecule has 0 radical (unpaired) electrons. The van der Waals surface area contributed by atoms with Gasteiger partial charge in [-0.25, -0.2) is 8.42 Å². The van der Waals surface area contributed by atoms with Crippen molar-refractivity contribution in [1.82, 2.24) is 14.1 Å². The van der Waals surface area contributed by atoms with Crippen LogP contribution in [-0.2, 0) is 39.0 Å². The van der Waals surface area contributed by atoms with E-state index in [-0.39, 0.29) is 29.8 Å². The molecule has 2 amide bonds. The minimum atomic E-state index is -3.90. The van der Waals surface area contributed by atoms with Gasteiger partial charge < -0.3 is 9.80 Å². The topological polar surface area (TPSA) is 95.8 Å². The number of carbonyl (C=O) groups is 2. The molecule has 6 rings (SSSR count). The number of rotatable bonds is 5. The van der Waals surface area contributed by atoms with Crippen LogP contribution in [0, 0.1) is 19.8 Å². The number of amides is 2. The molecule has 1 aromatic heterocycles. The number of benzene rings is 2. The number of hydrogen-bond acceptors (Lipinski definition) is 5. The van der Waals surface area contributed by atoms with E-state index in [2.05, 4.69) is 5.10 Å². The molecule has 2 aromatic carbocycles. The first kappa shape index (κ1) is 25.8. The van der Waals surface area contributed by atoms with Gasteiger partial charge >= 0.3 is 0 Å². The summed E-state index contributed by atoms with van der Waals surface area (Å²) in [6.07, 6.45) is 2.89. The predicted octanol–water partition coefficient (Wildman–Crippen LogP) is 3.08. The van der Waals surface area contributed by atoms with Crippen molar-refractivity contribution >= 4 is 33.2 Å². The zero-order valence-electron chi connectivity index (χ0n) is 22.3. The Kier molecular flexibility index (Phi) is 6.55. The maximum atomic E-state index is 13.9. The van der Waals surface area contributed by atoms with Crippen LogP contribution in [0.5, 0.6) is 0 Å². The van der Waals surface area contributed by atoms with Gasteiger partial charge in [0.05, 0.1) is 17.3 Å². The summed E-state index contributed by atoms with van der Waals surface area (Å²) >= 11 is 0.